The van der Waals surface area contributed by atoms with Crippen molar-refractivity contribution in [3.05, 3.63) is 59.7 Å². The molecular formula is C21H24N2O4. The molecule has 0 saturated carbocycles. The first kappa shape index (κ1) is 18.9. The Labute approximate surface area is 158 Å². The van der Waals surface area contributed by atoms with Crippen molar-refractivity contribution in [2.75, 3.05) is 32.8 Å². The van der Waals surface area contributed by atoms with Gasteiger partial charge in [0.05, 0.1) is 13.2 Å². The summed E-state index contributed by atoms with van der Waals surface area (Å²) >= 11 is 0. The van der Waals surface area contributed by atoms with Gasteiger partial charge in [0.25, 0.3) is 0 Å². The van der Waals surface area contributed by atoms with E-state index in [2.05, 4.69) is 34.9 Å². The first-order valence-corrected chi connectivity index (χ1v) is 9.16. The second kappa shape index (κ2) is 9.19. The average molecular weight is 368 g/mol. The fourth-order valence-electron chi connectivity index (χ4n) is 3.30. The number of hydrogen-bond donors (Lipinski definition) is 2. The van der Waals surface area contributed by atoms with Crippen LogP contribution in [-0.2, 0) is 14.3 Å². The summed E-state index contributed by atoms with van der Waals surface area (Å²) < 4.78 is 10.2. The first-order chi connectivity index (χ1) is 13.2. The highest BCUT2D eigenvalue weighted by atomic mass is 16.5. The summed E-state index contributed by atoms with van der Waals surface area (Å²) in [6.45, 7) is 3.37. The molecular weight excluding hydrogens is 344 g/mol. The van der Waals surface area contributed by atoms with Crippen molar-refractivity contribution in [1.82, 2.24) is 10.6 Å². The van der Waals surface area contributed by atoms with Crippen molar-refractivity contribution < 1.29 is 19.1 Å². The Kier molecular flexibility index (Phi) is 6.44. The third-order valence-electron chi connectivity index (χ3n) is 4.49. The van der Waals surface area contributed by atoms with Gasteiger partial charge < -0.3 is 20.1 Å². The number of ether oxygens (including phenoxy) is 2. The summed E-state index contributed by atoms with van der Waals surface area (Å²) in [5, 5.41) is 5.59. The minimum atomic E-state index is -0.463. The van der Waals surface area contributed by atoms with E-state index in [1.54, 1.807) is 6.92 Å². The van der Waals surface area contributed by atoms with Gasteiger partial charge in [-0.2, -0.15) is 0 Å². The molecule has 0 aromatic heterocycles. The third-order valence-corrected chi connectivity index (χ3v) is 4.49. The monoisotopic (exact) mass is 368 g/mol. The van der Waals surface area contributed by atoms with Gasteiger partial charge in [-0.1, -0.05) is 48.5 Å². The standard InChI is InChI=1S/C21H24N2O4/c1-2-26-20(24)13-22-11-12-23-21(25)27-14-19-17-9-5-3-7-15(17)16-8-4-6-10-18(16)19/h3-10,19,22H,2,11-14H2,1H3,(H,23,25). The molecule has 2 aromatic rings. The number of esters is 1. The van der Waals surface area contributed by atoms with E-state index in [1.807, 2.05) is 24.3 Å². The lowest BCUT2D eigenvalue weighted by Gasteiger charge is -2.14. The molecule has 1 aliphatic carbocycles. The van der Waals surface area contributed by atoms with Crippen LogP contribution in [0.2, 0.25) is 0 Å². The summed E-state index contributed by atoms with van der Waals surface area (Å²) in [6.07, 6.45) is -0.463. The van der Waals surface area contributed by atoms with Gasteiger partial charge in [0, 0.05) is 19.0 Å². The SMILES string of the molecule is CCOC(=O)CNCCNC(=O)OCC1c2ccccc2-c2ccccc21. The van der Waals surface area contributed by atoms with Crippen LogP contribution in [0.5, 0.6) is 0 Å². The zero-order chi connectivity index (χ0) is 19.1. The van der Waals surface area contributed by atoms with Crippen LogP contribution in [0.4, 0.5) is 4.79 Å². The molecule has 0 aliphatic heterocycles. The fourth-order valence-corrected chi connectivity index (χ4v) is 3.30. The highest BCUT2D eigenvalue weighted by Crippen LogP contribution is 2.44. The Balaban J connectivity index is 1.46. The number of benzene rings is 2. The second-order valence-corrected chi connectivity index (χ2v) is 6.23. The minimum Gasteiger partial charge on any atom is -0.465 e. The Morgan fingerprint density at radius 2 is 1.56 bits per heavy atom. The normalized spacial score (nSPS) is 12.2. The maximum Gasteiger partial charge on any atom is 0.407 e. The van der Waals surface area contributed by atoms with E-state index in [-0.39, 0.29) is 25.0 Å². The lowest BCUT2D eigenvalue weighted by Crippen LogP contribution is -2.35. The van der Waals surface area contributed by atoms with E-state index in [1.165, 1.54) is 22.3 Å². The Morgan fingerprint density at radius 3 is 2.19 bits per heavy atom. The molecule has 142 valence electrons. The van der Waals surface area contributed by atoms with Gasteiger partial charge in [-0.3, -0.25) is 4.79 Å². The van der Waals surface area contributed by atoms with Crippen molar-refractivity contribution in [3.63, 3.8) is 0 Å². The summed E-state index contributed by atoms with van der Waals surface area (Å²) in [6, 6.07) is 16.4. The molecule has 1 amide bonds. The summed E-state index contributed by atoms with van der Waals surface area (Å²) in [5.41, 5.74) is 4.76. The molecule has 6 heteroatoms. The molecule has 0 unspecified atom stereocenters. The fraction of sp³-hybridized carbons (Fsp3) is 0.333. The van der Waals surface area contributed by atoms with Crippen LogP contribution in [0.1, 0.15) is 24.0 Å². The zero-order valence-electron chi connectivity index (χ0n) is 15.4. The predicted octanol–water partition coefficient (Wildman–Crippen LogP) is 2.68. The van der Waals surface area contributed by atoms with Gasteiger partial charge in [0.2, 0.25) is 0 Å². The number of carbonyl (C=O) groups is 2. The Hall–Kier alpha value is -2.86. The van der Waals surface area contributed by atoms with Crippen LogP contribution < -0.4 is 10.6 Å². The number of rotatable bonds is 8. The average Bonchev–Trinajstić information content (AvgIpc) is 3.00. The lowest BCUT2D eigenvalue weighted by atomic mass is 9.98. The molecule has 0 heterocycles. The minimum absolute atomic E-state index is 0.0464. The van der Waals surface area contributed by atoms with Crippen LogP contribution in [-0.4, -0.2) is 44.9 Å². The van der Waals surface area contributed by atoms with E-state index in [0.717, 1.165) is 0 Å². The molecule has 27 heavy (non-hydrogen) atoms. The predicted molar refractivity (Wildman–Crippen MR) is 103 cm³/mol. The number of nitrogens with one attached hydrogen (secondary N) is 2. The van der Waals surface area contributed by atoms with Gasteiger partial charge in [0.15, 0.2) is 0 Å². The molecule has 0 radical (unpaired) electrons. The largest absolute Gasteiger partial charge is 0.465 e. The van der Waals surface area contributed by atoms with Crippen LogP contribution in [0.3, 0.4) is 0 Å². The van der Waals surface area contributed by atoms with Gasteiger partial charge in [-0.05, 0) is 29.2 Å². The van der Waals surface area contributed by atoms with Crippen molar-refractivity contribution in [2.45, 2.75) is 12.8 Å². The topological polar surface area (TPSA) is 76.7 Å². The molecule has 0 spiro atoms. The highest BCUT2D eigenvalue weighted by Gasteiger charge is 2.28. The molecule has 0 saturated heterocycles. The van der Waals surface area contributed by atoms with Crippen LogP contribution >= 0.6 is 0 Å². The highest BCUT2D eigenvalue weighted by molar-refractivity contribution is 5.79. The van der Waals surface area contributed by atoms with E-state index in [9.17, 15) is 9.59 Å². The molecule has 6 nitrogen and oxygen atoms in total. The molecule has 2 N–H and O–H groups in total. The van der Waals surface area contributed by atoms with Crippen LogP contribution in [0, 0.1) is 0 Å². The lowest BCUT2D eigenvalue weighted by molar-refractivity contribution is -0.141. The number of amides is 1. The summed E-state index contributed by atoms with van der Waals surface area (Å²) in [4.78, 5) is 23.2. The molecule has 0 bridgehead atoms. The molecule has 1 aliphatic rings. The zero-order valence-corrected chi connectivity index (χ0v) is 15.4. The number of hydrogen-bond acceptors (Lipinski definition) is 5. The summed E-state index contributed by atoms with van der Waals surface area (Å²) in [5.74, 6) is -0.260. The van der Waals surface area contributed by atoms with Crippen molar-refractivity contribution in [3.8, 4) is 11.1 Å². The van der Waals surface area contributed by atoms with Crippen molar-refractivity contribution in [2.24, 2.45) is 0 Å². The van der Waals surface area contributed by atoms with Crippen LogP contribution in [0.15, 0.2) is 48.5 Å². The van der Waals surface area contributed by atoms with Crippen molar-refractivity contribution in [1.29, 1.82) is 0 Å². The quantitative estimate of drug-likeness (QED) is 0.553. The number of carbonyl (C=O) groups excluding carboxylic acids is 2. The number of alkyl carbamates (subject to hydrolysis) is 1. The Morgan fingerprint density at radius 1 is 0.926 bits per heavy atom. The number of fused-ring (bicyclic) bond motifs is 3. The maximum atomic E-state index is 12.0. The van der Waals surface area contributed by atoms with Gasteiger partial charge in [-0.25, -0.2) is 4.79 Å². The van der Waals surface area contributed by atoms with Crippen LogP contribution in [0.25, 0.3) is 11.1 Å². The Bertz CT molecular complexity index is 761. The van der Waals surface area contributed by atoms with Gasteiger partial charge in [0.1, 0.15) is 6.61 Å². The van der Waals surface area contributed by atoms with E-state index < -0.39 is 6.09 Å². The maximum absolute atomic E-state index is 12.0. The van der Waals surface area contributed by atoms with E-state index in [4.69, 9.17) is 9.47 Å². The smallest absolute Gasteiger partial charge is 0.407 e. The molecule has 0 fully saturated rings. The first-order valence-electron chi connectivity index (χ1n) is 9.16. The second-order valence-electron chi connectivity index (χ2n) is 6.23. The van der Waals surface area contributed by atoms with E-state index in [0.29, 0.717) is 19.7 Å². The molecule has 3 rings (SSSR count). The van der Waals surface area contributed by atoms with Gasteiger partial charge in [-0.15, -0.1) is 0 Å². The van der Waals surface area contributed by atoms with E-state index >= 15 is 0 Å². The summed E-state index contributed by atoms with van der Waals surface area (Å²) in [7, 11) is 0. The molecule has 2 aromatic carbocycles. The molecule has 0 atom stereocenters. The van der Waals surface area contributed by atoms with Crippen molar-refractivity contribution >= 4 is 12.1 Å². The van der Waals surface area contributed by atoms with Gasteiger partial charge >= 0.3 is 12.1 Å². The third kappa shape index (κ3) is 4.65.